The molecular formula is C28H17FN4. The summed E-state index contributed by atoms with van der Waals surface area (Å²) in [6.45, 7) is 0. The van der Waals surface area contributed by atoms with Crippen LogP contribution in [0.1, 0.15) is 0 Å². The fourth-order valence-electron chi connectivity index (χ4n) is 4.84. The van der Waals surface area contributed by atoms with Gasteiger partial charge in [-0.1, -0.05) is 42.5 Å². The Labute approximate surface area is 188 Å². The smallest absolute Gasteiger partial charge is 0.125 e. The molecule has 0 atom stereocenters. The lowest BCUT2D eigenvalue weighted by atomic mass is 10.2. The molecule has 0 bridgehead atoms. The van der Waals surface area contributed by atoms with Crippen LogP contribution >= 0.6 is 0 Å². The summed E-state index contributed by atoms with van der Waals surface area (Å²) in [6, 6.07) is 31.2. The lowest BCUT2D eigenvalue weighted by molar-refractivity contribution is 0.627. The summed E-state index contributed by atoms with van der Waals surface area (Å²) in [7, 11) is 0. The number of nitrogens with zero attached hydrogens (tertiary/aromatic N) is 4. The van der Waals surface area contributed by atoms with Crippen molar-refractivity contribution in [3.8, 4) is 11.4 Å². The van der Waals surface area contributed by atoms with E-state index >= 15 is 0 Å². The first-order valence-electron chi connectivity index (χ1n) is 10.8. The number of fused-ring (bicyclic) bond motifs is 6. The molecule has 0 aliphatic carbocycles. The van der Waals surface area contributed by atoms with Gasteiger partial charge in [-0.2, -0.15) is 0 Å². The van der Waals surface area contributed by atoms with Crippen LogP contribution in [0.25, 0.3) is 55.4 Å². The number of pyridine rings is 2. The highest BCUT2D eigenvalue weighted by Gasteiger charge is 2.20. The molecule has 0 spiro atoms. The second-order valence-corrected chi connectivity index (χ2v) is 8.10. The van der Waals surface area contributed by atoms with E-state index in [1.165, 1.54) is 6.07 Å². The minimum Gasteiger partial charge on any atom is -0.307 e. The van der Waals surface area contributed by atoms with Gasteiger partial charge in [-0.05, 0) is 54.6 Å². The molecule has 156 valence electrons. The number of hydrogen-bond acceptors (Lipinski definition) is 2. The second kappa shape index (κ2) is 6.74. The monoisotopic (exact) mass is 428 g/mol. The summed E-state index contributed by atoms with van der Waals surface area (Å²) >= 11 is 0. The highest BCUT2D eigenvalue weighted by molar-refractivity contribution is 6.14. The van der Waals surface area contributed by atoms with Crippen LogP contribution in [-0.2, 0) is 0 Å². The van der Waals surface area contributed by atoms with Crippen molar-refractivity contribution in [2.75, 3.05) is 0 Å². The van der Waals surface area contributed by atoms with Crippen molar-refractivity contribution in [3.05, 3.63) is 109 Å². The molecule has 0 amide bonds. The van der Waals surface area contributed by atoms with Gasteiger partial charge >= 0.3 is 0 Å². The van der Waals surface area contributed by atoms with Crippen LogP contribution < -0.4 is 0 Å². The van der Waals surface area contributed by atoms with Gasteiger partial charge in [0.2, 0.25) is 0 Å². The second-order valence-electron chi connectivity index (χ2n) is 8.10. The summed E-state index contributed by atoms with van der Waals surface area (Å²) in [5.41, 5.74) is 8.27. The average Bonchev–Trinajstić information content (AvgIpc) is 3.35. The van der Waals surface area contributed by atoms with Gasteiger partial charge in [-0.25, -0.2) is 9.37 Å². The van der Waals surface area contributed by atoms with E-state index in [-0.39, 0.29) is 5.82 Å². The molecule has 0 fully saturated rings. The lowest BCUT2D eigenvalue weighted by Crippen LogP contribution is -1.96. The Morgan fingerprint density at radius 3 is 2.15 bits per heavy atom. The molecule has 33 heavy (non-hydrogen) atoms. The number of hydrogen-bond donors (Lipinski definition) is 0. The maximum absolute atomic E-state index is 14.2. The van der Waals surface area contributed by atoms with Gasteiger partial charge in [-0.3, -0.25) is 4.98 Å². The molecule has 7 rings (SSSR count). The zero-order valence-electron chi connectivity index (χ0n) is 17.5. The minimum atomic E-state index is -0.268. The van der Waals surface area contributed by atoms with Crippen LogP contribution in [0.4, 0.5) is 4.39 Å². The molecule has 4 heterocycles. The van der Waals surface area contributed by atoms with Crippen molar-refractivity contribution < 1.29 is 4.39 Å². The van der Waals surface area contributed by atoms with E-state index in [0.29, 0.717) is 0 Å². The Bertz CT molecular complexity index is 1830. The van der Waals surface area contributed by atoms with Crippen LogP contribution in [0.2, 0.25) is 0 Å². The number of rotatable bonds is 2. The largest absolute Gasteiger partial charge is 0.307 e. The van der Waals surface area contributed by atoms with Crippen molar-refractivity contribution in [1.29, 1.82) is 0 Å². The third-order valence-corrected chi connectivity index (χ3v) is 6.20. The van der Waals surface area contributed by atoms with Crippen LogP contribution in [0.5, 0.6) is 0 Å². The molecule has 0 unspecified atom stereocenters. The quantitative estimate of drug-likeness (QED) is 0.303. The highest BCUT2D eigenvalue weighted by atomic mass is 19.1. The normalized spacial score (nSPS) is 11.8. The molecule has 0 radical (unpaired) electrons. The van der Waals surface area contributed by atoms with Crippen molar-refractivity contribution in [2.24, 2.45) is 0 Å². The molecule has 0 aliphatic rings. The summed E-state index contributed by atoms with van der Waals surface area (Å²) < 4.78 is 18.5. The minimum absolute atomic E-state index is 0.268. The van der Waals surface area contributed by atoms with Crippen molar-refractivity contribution in [3.63, 3.8) is 0 Å². The van der Waals surface area contributed by atoms with E-state index in [9.17, 15) is 4.39 Å². The zero-order chi connectivity index (χ0) is 21.9. The SMILES string of the molecule is Fc1cccc(-n2c3ccccc3c3nc4c5ncccc5n(-c5ccccc5)c4cc32)c1. The van der Waals surface area contributed by atoms with Gasteiger partial charge in [0.1, 0.15) is 16.9 Å². The van der Waals surface area contributed by atoms with Crippen molar-refractivity contribution >= 4 is 44.0 Å². The van der Waals surface area contributed by atoms with E-state index in [2.05, 4.69) is 44.5 Å². The first kappa shape index (κ1) is 18.1. The van der Waals surface area contributed by atoms with Crippen LogP contribution in [-0.4, -0.2) is 19.1 Å². The molecule has 0 N–H and O–H groups in total. The van der Waals surface area contributed by atoms with E-state index in [1.807, 2.05) is 48.5 Å². The number of benzene rings is 3. The van der Waals surface area contributed by atoms with Gasteiger partial charge in [0.15, 0.2) is 0 Å². The Hall–Kier alpha value is -4.51. The molecule has 4 aromatic heterocycles. The Kier molecular flexibility index (Phi) is 3.70. The van der Waals surface area contributed by atoms with Crippen LogP contribution in [0, 0.1) is 5.82 Å². The molecule has 0 aliphatic heterocycles. The van der Waals surface area contributed by atoms with E-state index in [0.717, 1.165) is 55.4 Å². The zero-order valence-corrected chi connectivity index (χ0v) is 17.5. The summed E-state index contributed by atoms with van der Waals surface area (Å²) in [6.07, 6.45) is 1.80. The molecular weight excluding hydrogens is 411 g/mol. The molecule has 0 saturated heterocycles. The summed E-state index contributed by atoms with van der Waals surface area (Å²) in [5, 5.41) is 1.02. The maximum Gasteiger partial charge on any atom is 0.125 e. The lowest BCUT2D eigenvalue weighted by Gasteiger charge is -2.09. The van der Waals surface area contributed by atoms with E-state index in [4.69, 9.17) is 4.98 Å². The van der Waals surface area contributed by atoms with Gasteiger partial charge in [0, 0.05) is 23.0 Å². The fourth-order valence-corrected chi connectivity index (χ4v) is 4.84. The summed E-state index contributed by atoms with van der Waals surface area (Å²) in [5.74, 6) is -0.268. The third kappa shape index (κ3) is 2.56. The standard InChI is InChI=1S/C28H17FN4/c29-18-8-6-11-20(16-18)33-22-13-5-4-12-21(22)26-24(33)17-25-28(31-26)27-23(14-7-15-30-27)32(25)19-9-2-1-3-10-19/h1-17H. The first-order chi connectivity index (χ1) is 16.3. The molecule has 0 saturated carbocycles. The van der Waals surface area contributed by atoms with E-state index < -0.39 is 0 Å². The third-order valence-electron chi connectivity index (χ3n) is 6.20. The van der Waals surface area contributed by atoms with Gasteiger partial charge in [-0.15, -0.1) is 0 Å². The fraction of sp³-hybridized carbons (Fsp3) is 0. The maximum atomic E-state index is 14.2. The number of para-hydroxylation sites is 2. The first-order valence-corrected chi connectivity index (χ1v) is 10.8. The molecule has 7 aromatic rings. The topological polar surface area (TPSA) is 35.6 Å². The molecule has 5 heteroatoms. The predicted molar refractivity (Wildman–Crippen MR) is 131 cm³/mol. The predicted octanol–water partition coefficient (Wildman–Crippen LogP) is 6.81. The summed E-state index contributed by atoms with van der Waals surface area (Å²) in [4.78, 5) is 9.83. The highest BCUT2D eigenvalue weighted by Crippen LogP contribution is 2.36. The number of halogens is 1. The Morgan fingerprint density at radius 1 is 0.545 bits per heavy atom. The molecule has 4 nitrogen and oxygen atoms in total. The van der Waals surface area contributed by atoms with Gasteiger partial charge in [0.25, 0.3) is 0 Å². The van der Waals surface area contributed by atoms with Gasteiger partial charge in [0.05, 0.1) is 27.6 Å². The van der Waals surface area contributed by atoms with Crippen LogP contribution in [0.15, 0.2) is 103 Å². The average molecular weight is 428 g/mol. The van der Waals surface area contributed by atoms with Crippen molar-refractivity contribution in [1.82, 2.24) is 19.1 Å². The number of aromatic nitrogens is 4. The molecule has 3 aromatic carbocycles. The van der Waals surface area contributed by atoms with Crippen molar-refractivity contribution in [2.45, 2.75) is 0 Å². The van der Waals surface area contributed by atoms with E-state index in [1.54, 1.807) is 18.3 Å². The van der Waals surface area contributed by atoms with Crippen LogP contribution in [0.3, 0.4) is 0 Å². The Morgan fingerprint density at radius 2 is 1.27 bits per heavy atom. The van der Waals surface area contributed by atoms with Gasteiger partial charge < -0.3 is 9.13 Å². The Balaban J connectivity index is 1.70.